The lowest BCUT2D eigenvalue weighted by molar-refractivity contribution is 0.0981. The van der Waals surface area contributed by atoms with Crippen LogP contribution >= 0.6 is 0 Å². The summed E-state index contributed by atoms with van der Waals surface area (Å²) >= 11 is 0. The molecular weight excluding hydrogens is 250 g/mol. The topological polar surface area (TPSA) is 30.5 Å². The van der Waals surface area contributed by atoms with E-state index in [1.165, 1.54) is 18.4 Å². The van der Waals surface area contributed by atoms with E-state index in [9.17, 15) is 0 Å². The predicted octanol–water partition coefficient (Wildman–Crippen LogP) is 3.52. The number of ether oxygens (including phenoxy) is 2. The minimum Gasteiger partial charge on any atom is -0.493 e. The molecule has 1 aliphatic heterocycles. The van der Waals surface area contributed by atoms with E-state index in [-0.39, 0.29) is 0 Å². The maximum absolute atomic E-state index is 5.93. The second kappa shape index (κ2) is 8.28. The van der Waals surface area contributed by atoms with Crippen LogP contribution in [0.2, 0.25) is 0 Å². The molecule has 3 heteroatoms. The van der Waals surface area contributed by atoms with E-state index in [1.54, 1.807) is 0 Å². The van der Waals surface area contributed by atoms with Crippen LogP contribution in [0.5, 0.6) is 5.75 Å². The first-order valence-electron chi connectivity index (χ1n) is 7.81. The van der Waals surface area contributed by atoms with Crippen molar-refractivity contribution < 1.29 is 9.47 Å². The Morgan fingerprint density at radius 1 is 1.35 bits per heavy atom. The Bertz CT molecular complexity index is 386. The number of benzene rings is 1. The molecule has 0 bridgehead atoms. The van der Waals surface area contributed by atoms with E-state index in [0.717, 1.165) is 38.3 Å². The van der Waals surface area contributed by atoms with Gasteiger partial charge in [0.1, 0.15) is 5.75 Å². The van der Waals surface area contributed by atoms with Gasteiger partial charge in [-0.1, -0.05) is 32.0 Å². The molecule has 0 radical (unpaired) electrons. The van der Waals surface area contributed by atoms with Crippen LogP contribution in [0.25, 0.3) is 0 Å². The predicted molar refractivity (Wildman–Crippen MR) is 82.1 cm³/mol. The van der Waals surface area contributed by atoms with Crippen LogP contribution in [-0.4, -0.2) is 25.4 Å². The van der Waals surface area contributed by atoms with Gasteiger partial charge in [-0.3, -0.25) is 0 Å². The van der Waals surface area contributed by atoms with E-state index in [0.29, 0.717) is 12.1 Å². The average molecular weight is 277 g/mol. The highest BCUT2D eigenvalue weighted by Crippen LogP contribution is 2.20. The lowest BCUT2D eigenvalue weighted by Gasteiger charge is -2.14. The second-order valence-corrected chi connectivity index (χ2v) is 5.77. The fraction of sp³-hybridized carbons (Fsp3) is 0.647. The second-order valence-electron chi connectivity index (χ2n) is 5.77. The number of hydrogen-bond acceptors (Lipinski definition) is 3. The molecule has 1 N–H and O–H groups in total. The van der Waals surface area contributed by atoms with Crippen molar-refractivity contribution in [1.82, 2.24) is 5.32 Å². The van der Waals surface area contributed by atoms with Crippen molar-refractivity contribution in [3.05, 3.63) is 29.8 Å². The van der Waals surface area contributed by atoms with Crippen molar-refractivity contribution in [2.24, 2.45) is 0 Å². The zero-order chi connectivity index (χ0) is 14.2. The molecule has 0 aromatic heterocycles. The van der Waals surface area contributed by atoms with Gasteiger partial charge >= 0.3 is 0 Å². The maximum atomic E-state index is 5.93. The van der Waals surface area contributed by atoms with Crippen LogP contribution in [0.1, 0.15) is 45.1 Å². The summed E-state index contributed by atoms with van der Waals surface area (Å²) in [5, 5.41) is 3.44. The van der Waals surface area contributed by atoms with Crippen LogP contribution in [0.15, 0.2) is 24.3 Å². The third-order valence-electron chi connectivity index (χ3n) is 3.63. The van der Waals surface area contributed by atoms with Gasteiger partial charge in [-0.15, -0.1) is 0 Å². The lowest BCUT2D eigenvalue weighted by Crippen LogP contribution is -2.22. The van der Waals surface area contributed by atoms with E-state index in [4.69, 9.17) is 9.47 Å². The minimum absolute atomic E-state index is 0.469. The number of para-hydroxylation sites is 1. The molecular formula is C17H27NO2. The smallest absolute Gasteiger partial charge is 0.123 e. The van der Waals surface area contributed by atoms with Crippen molar-refractivity contribution in [3.8, 4) is 5.75 Å². The van der Waals surface area contributed by atoms with Gasteiger partial charge in [0, 0.05) is 24.8 Å². The SMILES string of the molecule is CC(C)NCc1ccccc1OCCCC1CCCO1. The van der Waals surface area contributed by atoms with E-state index < -0.39 is 0 Å². The molecule has 0 aliphatic carbocycles. The van der Waals surface area contributed by atoms with Crippen molar-refractivity contribution in [3.63, 3.8) is 0 Å². The first-order chi connectivity index (χ1) is 9.75. The summed E-state index contributed by atoms with van der Waals surface area (Å²) < 4.78 is 11.6. The Balaban J connectivity index is 1.73. The fourth-order valence-electron chi connectivity index (χ4n) is 2.47. The van der Waals surface area contributed by atoms with Crippen molar-refractivity contribution in [2.45, 2.75) is 58.2 Å². The molecule has 1 saturated heterocycles. The van der Waals surface area contributed by atoms with Gasteiger partial charge < -0.3 is 14.8 Å². The summed E-state index contributed by atoms with van der Waals surface area (Å²) in [6, 6.07) is 8.78. The van der Waals surface area contributed by atoms with E-state index in [1.807, 2.05) is 6.07 Å². The molecule has 1 fully saturated rings. The maximum Gasteiger partial charge on any atom is 0.123 e. The van der Waals surface area contributed by atoms with Gasteiger partial charge in [-0.2, -0.15) is 0 Å². The minimum atomic E-state index is 0.469. The van der Waals surface area contributed by atoms with Crippen molar-refractivity contribution in [1.29, 1.82) is 0 Å². The fourth-order valence-corrected chi connectivity index (χ4v) is 2.47. The highest BCUT2D eigenvalue weighted by atomic mass is 16.5. The molecule has 20 heavy (non-hydrogen) atoms. The molecule has 1 unspecified atom stereocenters. The van der Waals surface area contributed by atoms with Gasteiger partial charge in [0.15, 0.2) is 0 Å². The van der Waals surface area contributed by atoms with Crippen LogP contribution in [0.3, 0.4) is 0 Å². The molecule has 1 aliphatic rings. The molecule has 0 amide bonds. The summed E-state index contributed by atoms with van der Waals surface area (Å²) in [5.41, 5.74) is 1.23. The van der Waals surface area contributed by atoms with Gasteiger partial charge in [-0.05, 0) is 31.7 Å². The molecule has 1 atom stereocenters. The van der Waals surface area contributed by atoms with Gasteiger partial charge in [0.2, 0.25) is 0 Å². The first-order valence-corrected chi connectivity index (χ1v) is 7.81. The molecule has 3 nitrogen and oxygen atoms in total. The number of nitrogens with one attached hydrogen (secondary N) is 1. The Kier molecular flexibility index (Phi) is 6.34. The summed E-state index contributed by atoms with van der Waals surface area (Å²) in [6.45, 7) is 6.89. The Labute approximate surface area is 122 Å². The molecule has 2 rings (SSSR count). The highest BCUT2D eigenvalue weighted by Gasteiger charge is 2.14. The van der Waals surface area contributed by atoms with Gasteiger partial charge in [0.25, 0.3) is 0 Å². The quantitative estimate of drug-likeness (QED) is 0.737. The van der Waals surface area contributed by atoms with Crippen LogP contribution in [0, 0.1) is 0 Å². The zero-order valence-corrected chi connectivity index (χ0v) is 12.7. The summed E-state index contributed by atoms with van der Waals surface area (Å²) in [4.78, 5) is 0. The molecule has 0 spiro atoms. The van der Waals surface area contributed by atoms with Gasteiger partial charge in [0.05, 0.1) is 12.7 Å². The Hall–Kier alpha value is -1.06. The number of rotatable bonds is 8. The molecule has 1 aromatic carbocycles. The standard InChI is InChI=1S/C17H27NO2/c1-14(2)18-13-15-7-3-4-10-17(15)20-12-6-9-16-8-5-11-19-16/h3-4,7,10,14,16,18H,5-6,8-9,11-13H2,1-2H3. The highest BCUT2D eigenvalue weighted by molar-refractivity contribution is 5.33. The molecule has 0 saturated carbocycles. The van der Waals surface area contributed by atoms with Gasteiger partial charge in [-0.25, -0.2) is 0 Å². The van der Waals surface area contributed by atoms with Crippen LogP contribution < -0.4 is 10.1 Å². The Morgan fingerprint density at radius 2 is 2.20 bits per heavy atom. The zero-order valence-electron chi connectivity index (χ0n) is 12.7. The first kappa shape index (κ1) is 15.3. The largest absolute Gasteiger partial charge is 0.493 e. The van der Waals surface area contributed by atoms with E-state index in [2.05, 4.69) is 37.4 Å². The molecule has 112 valence electrons. The van der Waals surface area contributed by atoms with E-state index >= 15 is 0 Å². The third kappa shape index (κ3) is 5.14. The summed E-state index contributed by atoms with van der Waals surface area (Å²) in [7, 11) is 0. The van der Waals surface area contributed by atoms with Crippen LogP contribution in [-0.2, 0) is 11.3 Å². The molecule has 1 heterocycles. The monoisotopic (exact) mass is 277 g/mol. The van der Waals surface area contributed by atoms with Crippen LogP contribution in [0.4, 0.5) is 0 Å². The van der Waals surface area contributed by atoms with Crippen molar-refractivity contribution in [2.75, 3.05) is 13.2 Å². The summed E-state index contributed by atoms with van der Waals surface area (Å²) in [5.74, 6) is 1.01. The summed E-state index contributed by atoms with van der Waals surface area (Å²) in [6.07, 6.45) is 5.09. The average Bonchev–Trinajstić information content (AvgIpc) is 2.95. The Morgan fingerprint density at radius 3 is 2.95 bits per heavy atom. The third-order valence-corrected chi connectivity index (χ3v) is 3.63. The lowest BCUT2D eigenvalue weighted by atomic mass is 10.1. The molecule has 1 aromatic rings. The van der Waals surface area contributed by atoms with Crippen molar-refractivity contribution >= 4 is 0 Å². The number of hydrogen-bond donors (Lipinski definition) is 1. The normalized spacial score (nSPS) is 18.6.